The molecule has 10 rings (SSSR count). The first-order valence-corrected chi connectivity index (χ1v) is 19.5. The Morgan fingerprint density at radius 2 is 0.737 bits per heavy atom. The topological polar surface area (TPSA) is 29.0 Å². The first kappa shape index (κ1) is 34.2. The number of anilines is 1. The van der Waals surface area contributed by atoms with Crippen LogP contribution in [0, 0.1) is 0 Å². The summed E-state index contributed by atoms with van der Waals surface area (Å²) in [5, 5.41) is 0. The summed E-state index contributed by atoms with van der Waals surface area (Å²) in [4.78, 5) is 11.4. The van der Waals surface area contributed by atoms with Gasteiger partial charge in [0.1, 0.15) is 0 Å². The molecule has 0 amide bonds. The second kappa shape index (κ2) is 15.1. The van der Waals surface area contributed by atoms with Crippen molar-refractivity contribution < 1.29 is 0 Å². The molecule has 3 heterocycles. The van der Waals surface area contributed by atoms with Gasteiger partial charge in [-0.05, 0) is 151 Å². The Morgan fingerprint density at radius 3 is 1.26 bits per heavy atom. The normalized spacial score (nSPS) is 12.0. The zero-order valence-electron chi connectivity index (χ0n) is 31.5. The third-order valence-electron chi connectivity index (χ3n) is 11.1. The second-order valence-electron chi connectivity index (χ2n) is 14.7. The van der Waals surface area contributed by atoms with Crippen molar-refractivity contribution in [2.24, 2.45) is 0 Å². The quantitative estimate of drug-likeness (QED) is 0.164. The van der Waals surface area contributed by atoms with Crippen LogP contribution in [0.2, 0.25) is 0 Å². The number of hydrogen-bond donors (Lipinski definition) is 0. The van der Waals surface area contributed by atoms with E-state index in [4.69, 9.17) is 0 Å². The second-order valence-corrected chi connectivity index (χ2v) is 14.7. The number of rotatable bonds is 7. The summed E-state index contributed by atoms with van der Waals surface area (Å²) >= 11 is 0. The van der Waals surface area contributed by atoms with Crippen LogP contribution in [-0.2, 0) is 13.1 Å². The first-order chi connectivity index (χ1) is 28.2. The van der Waals surface area contributed by atoms with Gasteiger partial charge in [-0.15, -0.1) is 0 Å². The number of aromatic nitrogens is 2. The highest BCUT2D eigenvalue weighted by molar-refractivity contribution is 5.87. The summed E-state index contributed by atoms with van der Waals surface area (Å²) < 4.78 is 0. The van der Waals surface area contributed by atoms with Crippen molar-refractivity contribution in [3.63, 3.8) is 0 Å². The van der Waals surface area contributed by atoms with Crippen LogP contribution >= 0.6 is 0 Å². The van der Waals surface area contributed by atoms with Gasteiger partial charge in [0.15, 0.2) is 0 Å². The summed E-state index contributed by atoms with van der Waals surface area (Å²) in [6, 6.07) is 68.4. The number of benzene rings is 7. The smallest absolute Gasteiger partial charge is 0.0439 e. The van der Waals surface area contributed by atoms with Crippen molar-refractivity contribution in [1.82, 2.24) is 9.97 Å². The predicted octanol–water partition coefficient (Wildman–Crippen LogP) is 13.7. The molecule has 0 atom stereocenters. The van der Waals surface area contributed by atoms with E-state index in [0.717, 1.165) is 40.9 Å². The third kappa shape index (κ3) is 7.03. The molecular weight excluding hydrogens is 691 g/mol. The fraction of sp³-hybridized carbons (Fsp3) is 0.0370. The van der Waals surface area contributed by atoms with E-state index in [9.17, 15) is 0 Å². The van der Waals surface area contributed by atoms with Crippen molar-refractivity contribution >= 4 is 5.69 Å². The van der Waals surface area contributed by atoms with E-state index in [-0.39, 0.29) is 0 Å². The number of hydrogen-bond acceptors (Lipinski definition) is 3. The van der Waals surface area contributed by atoms with E-state index in [1.165, 1.54) is 66.9 Å². The van der Waals surface area contributed by atoms with Gasteiger partial charge in [-0.3, -0.25) is 9.97 Å². The average molecular weight is 730 g/mol. The summed E-state index contributed by atoms with van der Waals surface area (Å²) in [5.41, 5.74) is 20.4. The fourth-order valence-electron chi connectivity index (χ4n) is 8.18. The Balaban J connectivity index is 1.13. The average Bonchev–Trinajstić information content (AvgIpc) is 3.46. The number of nitrogens with zero attached hydrogens (tertiary/aromatic N) is 3. The zero-order valence-corrected chi connectivity index (χ0v) is 31.5. The minimum atomic E-state index is 0.788. The molecule has 3 heteroatoms. The van der Waals surface area contributed by atoms with Gasteiger partial charge in [-0.1, -0.05) is 115 Å². The van der Waals surface area contributed by atoms with Crippen molar-refractivity contribution in [2.75, 3.05) is 4.90 Å². The molecule has 0 fully saturated rings. The number of para-hydroxylation sites is 1. The Morgan fingerprint density at radius 1 is 0.298 bits per heavy atom. The first-order valence-electron chi connectivity index (χ1n) is 19.5. The van der Waals surface area contributed by atoms with Crippen molar-refractivity contribution in [1.29, 1.82) is 0 Å². The molecule has 0 aliphatic carbocycles. The maximum absolute atomic E-state index is 4.44. The minimum Gasteiger partial charge on any atom is -0.363 e. The zero-order chi connectivity index (χ0) is 38.0. The number of pyridine rings is 2. The molecule has 0 saturated carbocycles. The van der Waals surface area contributed by atoms with Crippen LogP contribution in [0.4, 0.5) is 5.69 Å². The Labute approximate surface area is 334 Å². The van der Waals surface area contributed by atoms with E-state index in [1.807, 2.05) is 36.9 Å². The summed E-state index contributed by atoms with van der Waals surface area (Å²) in [6.07, 6.45) is 7.53. The molecule has 0 N–H and O–H groups in total. The maximum atomic E-state index is 4.44. The van der Waals surface area contributed by atoms with Gasteiger partial charge in [-0.2, -0.15) is 0 Å². The van der Waals surface area contributed by atoms with Crippen LogP contribution in [-0.4, -0.2) is 9.97 Å². The third-order valence-corrected chi connectivity index (χ3v) is 11.1. The molecule has 0 saturated heterocycles. The lowest BCUT2D eigenvalue weighted by atomic mass is 9.88. The Bertz CT molecular complexity index is 2700. The van der Waals surface area contributed by atoms with Gasteiger partial charge in [0, 0.05) is 54.7 Å². The highest BCUT2D eigenvalue weighted by atomic mass is 15.1. The molecule has 1 aliphatic heterocycles. The molecule has 2 aromatic heterocycles. The standard InChI is InChI=1S/C54H39N3/c1-4-12-38(13-5-1)45-27-46(39-14-6-2-7-15-39)29-48(28-45)41-20-21-44-36-57(52-18-8-3-9-19-52)37-51-26-40(22-23-53(51)54(44)33-41)47-30-49(42-16-10-24-55-34-42)32-50(31-47)43-17-11-25-56-35-43/h1-35H,36-37H2. The van der Waals surface area contributed by atoms with Crippen molar-refractivity contribution in [3.05, 3.63) is 224 Å². The van der Waals surface area contributed by atoms with E-state index < -0.39 is 0 Å². The van der Waals surface area contributed by atoms with E-state index in [2.05, 4.69) is 191 Å². The van der Waals surface area contributed by atoms with Crippen LogP contribution in [0.3, 0.4) is 0 Å². The highest BCUT2D eigenvalue weighted by Gasteiger charge is 2.22. The predicted molar refractivity (Wildman–Crippen MR) is 236 cm³/mol. The highest BCUT2D eigenvalue weighted by Crippen LogP contribution is 2.41. The van der Waals surface area contributed by atoms with Crippen LogP contribution in [0.25, 0.3) is 77.9 Å². The summed E-state index contributed by atoms with van der Waals surface area (Å²) in [5.74, 6) is 0. The molecule has 0 unspecified atom stereocenters. The van der Waals surface area contributed by atoms with Gasteiger partial charge in [0.05, 0.1) is 0 Å². The molecule has 7 aromatic carbocycles. The minimum absolute atomic E-state index is 0.788. The number of fused-ring (bicyclic) bond motifs is 3. The summed E-state index contributed by atoms with van der Waals surface area (Å²) in [7, 11) is 0. The molecule has 1 aliphatic rings. The summed E-state index contributed by atoms with van der Waals surface area (Å²) in [6.45, 7) is 1.60. The van der Waals surface area contributed by atoms with Crippen molar-refractivity contribution in [3.8, 4) is 77.9 Å². The molecule has 0 radical (unpaired) electrons. The van der Waals surface area contributed by atoms with E-state index in [0.29, 0.717) is 0 Å². The molecule has 3 nitrogen and oxygen atoms in total. The van der Waals surface area contributed by atoms with Gasteiger partial charge in [0.25, 0.3) is 0 Å². The van der Waals surface area contributed by atoms with Gasteiger partial charge in [0.2, 0.25) is 0 Å². The van der Waals surface area contributed by atoms with Crippen LogP contribution in [0.1, 0.15) is 11.1 Å². The van der Waals surface area contributed by atoms with Crippen LogP contribution in [0.15, 0.2) is 213 Å². The lowest BCUT2D eigenvalue weighted by molar-refractivity contribution is 0.812. The maximum Gasteiger partial charge on any atom is 0.0439 e. The molecule has 9 aromatic rings. The largest absolute Gasteiger partial charge is 0.363 e. The molecule has 57 heavy (non-hydrogen) atoms. The van der Waals surface area contributed by atoms with Crippen LogP contribution in [0.5, 0.6) is 0 Å². The molecule has 270 valence electrons. The Hall–Kier alpha value is -7.36. The van der Waals surface area contributed by atoms with E-state index in [1.54, 1.807) is 0 Å². The Kier molecular flexibility index (Phi) is 9.02. The van der Waals surface area contributed by atoms with Gasteiger partial charge < -0.3 is 4.90 Å². The molecule has 0 spiro atoms. The van der Waals surface area contributed by atoms with E-state index >= 15 is 0 Å². The lowest BCUT2D eigenvalue weighted by Gasteiger charge is -2.24. The van der Waals surface area contributed by atoms with Crippen molar-refractivity contribution in [2.45, 2.75) is 13.1 Å². The van der Waals surface area contributed by atoms with Gasteiger partial charge >= 0.3 is 0 Å². The lowest BCUT2D eigenvalue weighted by Crippen LogP contribution is -2.20. The molecule has 0 bridgehead atoms. The van der Waals surface area contributed by atoms with Gasteiger partial charge in [-0.25, -0.2) is 0 Å². The monoisotopic (exact) mass is 729 g/mol. The van der Waals surface area contributed by atoms with Crippen LogP contribution < -0.4 is 4.90 Å². The SMILES string of the molecule is c1ccc(-c2cc(-c3ccccc3)cc(-c3ccc4c(c3)-c3ccc(-c5cc(-c6cccnc6)cc(-c6cccnc6)c5)cc3CN(c3ccccc3)C4)c2)cc1. The molecular formula is C54H39N3. The fourth-order valence-corrected chi connectivity index (χ4v) is 8.18.